The number of nitrogens with one attached hydrogen (secondary N) is 1. The van der Waals surface area contributed by atoms with E-state index in [2.05, 4.69) is 5.32 Å². The zero-order valence-corrected chi connectivity index (χ0v) is 9.26. The first-order valence-corrected chi connectivity index (χ1v) is 5.12. The van der Waals surface area contributed by atoms with Crippen LogP contribution in [0.5, 0.6) is 5.75 Å². The molecular weight excluding hydrogens is 190 g/mol. The summed E-state index contributed by atoms with van der Waals surface area (Å²) in [7, 11) is 1.60. The lowest BCUT2D eigenvalue weighted by molar-refractivity contribution is 0.0926. The number of ether oxygens (including phenoxy) is 1. The number of rotatable bonds is 2. The molecule has 1 aromatic carbocycles. The highest BCUT2D eigenvalue weighted by molar-refractivity contribution is 6.13. The summed E-state index contributed by atoms with van der Waals surface area (Å²) in [5.74, 6) is 0.878. The minimum Gasteiger partial charge on any atom is -0.497 e. The Balaban J connectivity index is 2.46. The molecule has 0 saturated heterocycles. The average molecular weight is 205 g/mol. The number of carbonyl (C=O) groups is 1. The summed E-state index contributed by atoms with van der Waals surface area (Å²) < 4.78 is 5.11. The molecule has 0 spiro atoms. The van der Waals surface area contributed by atoms with Gasteiger partial charge < -0.3 is 10.1 Å². The van der Waals surface area contributed by atoms with Crippen molar-refractivity contribution < 1.29 is 9.53 Å². The Morgan fingerprint density at radius 2 is 2.20 bits per heavy atom. The van der Waals surface area contributed by atoms with Crippen LogP contribution in [-0.2, 0) is 0 Å². The van der Waals surface area contributed by atoms with Gasteiger partial charge in [-0.2, -0.15) is 0 Å². The van der Waals surface area contributed by atoms with Gasteiger partial charge in [0.25, 0.3) is 0 Å². The topological polar surface area (TPSA) is 38.3 Å². The van der Waals surface area contributed by atoms with E-state index in [1.54, 1.807) is 13.2 Å². The minimum atomic E-state index is -0.450. The molecule has 0 fully saturated rings. The van der Waals surface area contributed by atoms with E-state index in [1.807, 2.05) is 26.0 Å². The molecule has 0 bridgehead atoms. The summed E-state index contributed by atoms with van der Waals surface area (Å²) in [5.41, 5.74) is 1.19. The molecule has 1 aromatic rings. The van der Waals surface area contributed by atoms with Gasteiger partial charge in [0, 0.05) is 11.3 Å². The third-order valence-corrected chi connectivity index (χ3v) is 3.09. The summed E-state index contributed by atoms with van der Waals surface area (Å²) in [6, 6.07) is 5.55. The molecule has 3 heteroatoms. The van der Waals surface area contributed by atoms with Crippen molar-refractivity contribution in [1.29, 1.82) is 0 Å². The Morgan fingerprint density at radius 3 is 2.80 bits per heavy atom. The van der Waals surface area contributed by atoms with Gasteiger partial charge in [0.05, 0.1) is 12.6 Å². The van der Waals surface area contributed by atoms with Crippen molar-refractivity contribution in [2.45, 2.75) is 25.8 Å². The second kappa shape index (κ2) is 3.26. The molecule has 1 heterocycles. The monoisotopic (exact) mass is 205 g/mol. The fourth-order valence-corrected chi connectivity index (χ4v) is 1.85. The lowest BCUT2D eigenvalue weighted by atomic mass is 9.93. The number of benzene rings is 1. The number of ketones is 1. The van der Waals surface area contributed by atoms with Crippen LogP contribution < -0.4 is 10.1 Å². The normalized spacial score (nSPS) is 23.5. The van der Waals surface area contributed by atoms with Crippen LogP contribution in [0, 0.1) is 0 Å². The number of hydrogen-bond donors (Lipinski definition) is 1. The minimum absolute atomic E-state index is 0.152. The number of carbonyl (C=O) groups excluding carboxylic acids is 1. The SMILES string of the molecule is CCC1(C)Nc2ccc(OC)cc2C1=O. The highest BCUT2D eigenvalue weighted by Gasteiger charge is 2.39. The van der Waals surface area contributed by atoms with E-state index in [1.165, 1.54) is 0 Å². The van der Waals surface area contributed by atoms with E-state index in [4.69, 9.17) is 4.74 Å². The number of methoxy groups -OCH3 is 1. The quantitative estimate of drug-likeness (QED) is 0.806. The standard InChI is InChI=1S/C12H15NO2/c1-4-12(2)11(14)9-7-8(15-3)5-6-10(9)13-12/h5-7,13H,4H2,1-3H3. The van der Waals surface area contributed by atoms with E-state index in [0.717, 1.165) is 23.4 Å². The van der Waals surface area contributed by atoms with Crippen molar-refractivity contribution in [3.63, 3.8) is 0 Å². The molecule has 0 saturated carbocycles. The average Bonchev–Trinajstić information content (AvgIpc) is 2.52. The first-order valence-electron chi connectivity index (χ1n) is 5.12. The zero-order valence-electron chi connectivity index (χ0n) is 9.26. The molecule has 15 heavy (non-hydrogen) atoms. The van der Waals surface area contributed by atoms with Crippen LogP contribution >= 0.6 is 0 Å². The first kappa shape index (κ1) is 10.0. The zero-order chi connectivity index (χ0) is 11.1. The largest absolute Gasteiger partial charge is 0.497 e. The molecule has 0 radical (unpaired) electrons. The smallest absolute Gasteiger partial charge is 0.190 e. The third-order valence-electron chi connectivity index (χ3n) is 3.09. The first-order chi connectivity index (χ1) is 7.10. The van der Waals surface area contributed by atoms with Gasteiger partial charge in [0.1, 0.15) is 5.75 Å². The van der Waals surface area contributed by atoms with Crippen molar-refractivity contribution in [3.05, 3.63) is 23.8 Å². The maximum atomic E-state index is 12.1. The van der Waals surface area contributed by atoms with Gasteiger partial charge in [-0.1, -0.05) is 6.92 Å². The molecule has 1 unspecified atom stereocenters. The Labute approximate surface area is 89.4 Å². The van der Waals surface area contributed by atoms with E-state index in [0.29, 0.717) is 0 Å². The van der Waals surface area contributed by atoms with Crippen LogP contribution in [0.2, 0.25) is 0 Å². The molecule has 80 valence electrons. The summed E-state index contributed by atoms with van der Waals surface area (Å²) in [6.07, 6.45) is 0.781. The van der Waals surface area contributed by atoms with E-state index in [-0.39, 0.29) is 5.78 Å². The van der Waals surface area contributed by atoms with Gasteiger partial charge in [-0.25, -0.2) is 0 Å². The Hall–Kier alpha value is -1.51. The summed E-state index contributed by atoms with van der Waals surface area (Å²) in [5, 5.41) is 3.26. The van der Waals surface area contributed by atoms with E-state index >= 15 is 0 Å². The van der Waals surface area contributed by atoms with Crippen LogP contribution in [0.15, 0.2) is 18.2 Å². The second-order valence-electron chi connectivity index (χ2n) is 4.05. The Kier molecular flexibility index (Phi) is 2.18. The lowest BCUT2D eigenvalue weighted by Gasteiger charge is -2.20. The van der Waals surface area contributed by atoms with Crippen molar-refractivity contribution in [1.82, 2.24) is 0 Å². The predicted molar refractivity (Wildman–Crippen MR) is 59.6 cm³/mol. The molecule has 2 rings (SSSR count). The number of fused-ring (bicyclic) bond motifs is 1. The molecule has 1 aliphatic heterocycles. The maximum absolute atomic E-state index is 12.1. The van der Waals surface area contributed by atoms with Crippen LogP contribution in [-0.4, -0.2) is 18.4 Å². The van der Waals surface area contributed by atoms with E-state index in [9.17, 15) is 4.79 Å². The summed E-state index contributed by atoms with van der Waals surface area (Å²) >= 11 is 0. The molecular formula is C12H15NO2. The van der Waals surface area contributed by atoms with Gasteiger partial charge in [-0.15, -0.1) is 0 Å². The fraction of sp³-hybridized carbons (Fsp3) is 0.417. The molecule has 1 atom stereocenters. The highest BCUT2D eigenvalue weighted by Crippen LogP contribution is 2.36. The van der Waals surface area contributed by atoms with Crippen LogP contribution in [0.4, 0.5) is 5.69 Å². The van der Waals surface area contributed by atoms with Crippen LogP contribution in [0.3, 0.4) is 0 Å². The Bertz CT molecular complexity index is 414. The van der Waals surface area contributed by atoms with Crippen molar-refractivity contribution in [3.8, 4) is 5.75 Å². The van der Waals surface area contributed by atoms with E-state index < -0.39 is 5.54 Å². The summed E-state index contributed by atoms with van der Waals surface area (Å²) in [4.78, 5) is 12.1. The van der Waals surface area contributed by atoms with Crippen molar-refractivity contribution in [2.75, 3.05) is 12.4 Å². The number of Topliss-reactive ketones (excluding diaryl/α,β-unsaturated/α-hetero) is 1. The van der Waals surface area contributed by atoms with Crippen LogP contribution in [0.25, 0.3) is 0 Å². The highest BCUT2D eigenvalue weighted by atomic mass is 16.5. The van der Waals surface area contributed by atoms with Gasteiger partial charge in [-0.05, 0) is 31.5 Å². The van der Waals surface area contributed by atoms with Crippen LogP contribution in [0.1, 0.15) is 30.6 Å². The fourth-order valence-electron chi connectivity index (χ4n) is 1.85. The summed E-state index contributed by atoms with van der Waals surface area (Å²) in [6.45, 7) is 3.94. The van der Waals surface area contributed by atoms with Crippen molar-refractivity contribution >= 4 is 11.5 Å². The third kappa shape index (κ3) is 1.39. The lowest BCUT2D eigenvalue weighted by Crippen LogP contribution is -2.36. The molecule has 1 aliphatic rings. The Morgan fingerprint density at radius 1 is 1.47 bits per heavy atom. The molecule has 0 amide bonds. The maximum Gasteiger partial charge on any atom is 0.190 e. The number of hydrogen-bond acceptors (Lipinski definition) is 3. The number of anilines is 1. The molecule has 3 nitrogen and oxygen atoms in total. The van der Waals surface area contributed by atoms with Crippen molar-refractivity contribution in [2.24, 2.45) is 0 Å². The molecule has 0 aromatic heterocycles. The van der Waals surface area contributed by atoms with Gasteiger partial charge >= 0.3 is 0 Å². The van der Waals surface area contributed by atoms with Gasteiger partial charge in [0.2, 0.25) is 0 Å². The second-order valence-corrected chi connectivity index (χ2v) is 4.05. The molecule has 0 aliphatic carbocycles. The van der Waals surface area contributed by atoms with Gasteiger partial charge in [-0.3, -0.25) is 4.79 Å². The predicted octanol–water partition coefficient (Wildman–Crippen LogP) is 2.47. The molecule has 1 N–H and O–H groups in total. The van der Waals surface area contributed by atoms with Gasteiger partial charge in [0.15, 0.2) is 5.78 Å².